The first kappa shape index (κ1) is 11.7. The van der Waals surface area contributed by atoms with Crippen LogP contribution in [0, 0.1) is 6.92 Å². The van der Waals surface area contributed by atoms with E-state index in [1.165, 1.54) is 5.56 Å². The zero-order valence-electron chi connectivity index (χ0n) is 10.7. The van der Waals surface area contributed by atoms with Crippen LogP contribution < -0.4 is 5.73 Å². The Bertz CT molecular complexity index is 509. The maximum Gasteiger partial charge on any atom is 0.131 e. The fourth-order valence-electron chi connectivity index (χ4n) is 2.06. The van der Waals surface area contributed by atoms with Gasteiger partial charge in [0.25, 0.3) is 0 Å². The average molecular weight is 229 g/mol. The second-order valence-corrected chi connectivity index (χ2v) is 4.23. The predicted molar refractivity (Wildman–Crippen MR) is 71.9 cm³/mol. The smallest absolute Gasteiger partial charge is 0.131 e. The van der Waals surface area contributed by atoms with Crippen molar-refractivity contribution in [1.82, 2.24) is 9.55 Å². The standard InChI is InChI=1S/C14H19N3/c1-4-12-16-13(14(15)17(12)5-2)11-8-6-10(3)7-9-11/h6-9H,4-5,15H2,1-3H3. The van der Waals surface area contributed by atoms with E-state index >= 15 is 0 Å². The summed E-state index contributed by atoms with van der Waals surface area (Å²) in [7, 11) is 0. The van der Waals surface area contributed by atoms with Crippen LogP contribution in [-0.2, 0) is 13.0 Å². The molecule has 2 aromatic rings. The van der Waals surface area contributed by atoms with Gasteiger partial charge in [-0.3, -0.25) is 0 Å². The van der Waals surface area contributed by atoms with E-state index in [4.69, 9.17) is 5.73 Å². The maximum atomic E-state index is 6.16. The van der Waals surface area contributed by atoms with Crippen LogP contribution in [0.1, 0.15) is 25.2 Å². The Morgan fingerprint density at radius 3 is 2.29 bits per heavy atom. The molecule has 90 valence electrons. The molecule has 0 spiro atoms. The second kappa shape index (κ2) is 4.62. The molecule has 2 N–H and O–H groups in total. The fraction of sp³-hybridized carbons (Fsp3) is 0.357. The zero-order chi connectivity index (χ0) is 12.4. The highest BCUT2D eigenvalue weighted by Gasteiger charge is 2.13. The lowest BCUT2D eigenvalue weighted by molar-refractivity contribution is 0.713. The number of nitrogen functional groups attached to an aromatic ring is 1. The minimum absolute atomic E-state index is 0.771. The van der Waals surface area contributed by atoms with Gasteiger partial charge in [-0.1, -0.05) is 36.8 Å². The molecule has 1 heterocycles. The SMILES string of the molecule is CCc1nc(-c2ccc(C)cc2)c(N)n1CC. The van der Waals surface area contributed by atoms with Gasteiger partial charge in [0.2, 0.25) is 0 Å². The topological polar surface area (TPSA) is 43.8 Å². The maximum absolute atomic E-state index is 6.16. The molecule has 0 radical (unpaired) electrons. The van der Waals surface area contributed by atoms with Gasteiger partial charge in [0.05, 0.1) is 0 Å². The van der Waals surface area contributed by atoms with Crippen LogP contribution in [0.3, 0.4) is 0 Å². The molecule has 0 atom stereocenters. The third-order valence-electron chi connectivity index (χ3n) is 3.04. The highest BCUT2D eigenvalue weighted by molar-refractivity contribution is 5.71. The highest BCUT2D eigenvalue weighted by Crippen LogP contribution is 2.26. The van der Waals surface area contributed by atoms with E-state index in [2.05, 4.69) is 54.6 Å². The van der Waals surface area contributed by atoms with Crippen molar-refractivity contribution < 1.29 is 0 Å². The predicted octanol–water partition coefficient (Wildman–Crippen LogP) is 3.02. The van der Waals surface area contributed by atoms with E-state index in [-0.39, 0.29) is 0 Å². The summed E-state index contributed by atoms with van der Waals surface area (Å²) < 4.78 is 2.08. The number of aromatic nitrogens is 2. The summed E-state index contributed by atoms with van der Waals surface area (Å²) in [5.74, 6) is 1.83. The second-order valence-electron chi connectivity index (χ2n) is 4.23. The number of hydrogen-bond acceptors (Lipinski definition) is 2. The molecule has 0 unspecified atom stereocenters. The van der Waals surface area contributed by atoms with Crippen LogP contribution in [-0.4, -0.2) is 9.55 Å². The normalized spacial score (nSPS) is 10.8. The van der Waals surface area contributed by atoms with Crippen molar-refractivity contribution in [1.29, 1.82) is 0 Å². The lowest BCUT2D eigenvalue weighted by atomic mass is 10.1. The molecular weight excluding hydrogens is 210 g/mol. The molecule has 17 heavy (non-hydrogen) atoms. The minimum atomic E-state index is 0.771. The van der Waals surface area contributed by atoms with Crippen LogP contribution in [0.2, 0.25) is 0 Å². The molecule has 0 saturated heterocycles. The summed E-state index contributed by atoms with van der Waals surface area (Å²) in [4.78, 5) is 4.64. The van der Waals surface area contributed by atoms with Gasteiger partial charge < -0.3 is 10.3 Å². The molecule has 3 heteroatoms. The largest absolute Gasteiger partial charge is 0.383 e. The van der Waals surface area contributed by atoms with Gasteiger partial charge in [-0.25, -0.2) is 4.98 Å². The van der Waals surface area contributed by atoms with Gasteiger partial charge in [-0.15, -0.1) is 0 Å². The van der Waals surface area contributed by atoms with Crippen molar-refractivity contribution in [3.8, 4) is 11.3 Å². The highest BCUT2D eigenvalue weighted by atomic mass is 15.1. The number of nitrogens with two attached hydrogens (primary N) is 1. The lowest BCUT2D eigenvalue weighted by Gasteiger charge is -2.04. The monoisotopic (exact) mass is 229 g/mol. The quantitative estimate of drug-likeness (QED) is 0.879. The van der Waals surface area contributed by atoms with E-state index in [1.807, 2.05) is 0 Å². The van der Waals surface area contributed by atoms with E-state index in [1.54, 1.807) is 0 Å². The molecular formula is C14H19N3. The molecule has 0 aliphatic rings. The Kier molecular flexibility index (Phi) is 3.18. The third kappa shape index (κ3) is 2.05. The molecule has 0 fully saturated rings. The zero-order valence-corrected chi connectivity index (χ0v) is 10.7. The van der Waals surface area contributed by atoms with Crippen molar-refractivity contribution >= 4 is 5.82 Å². The van der Waals surface area contributed by atoms with E-state index < -0.39 is 0 Å². The van der Waals surface area contributed by atoms with E-state index in [0.29, 0.717) is 0 Å². The van der Waals surface area contributed by atoms with Crippen LogP contribution in [0.15, 0.2) is 24.3 Å². The molecule has 0 aliphatic carbocycles. The van der Waals surface area contributed by atoms with Crippen LogP contribution in [0.5, 0.6) is 0 Å². The van der Waals surface area contributed by atoms with E-state index in [9.17, 15) is 0 Å². The Hall–Kier alpha value is -1.77. The number of imidazole rings is 1. The van der Waals surface area contributed by atoms with Gasteiger partial charge in [0.15, 0.2) is 0 Å². The summed E-state index contributed by atoms with van der Waals surface area (Å²) >= 11 is 0. The number of aryl methyl sites for hydroxylation is 2. The molecule has 0 amide bonds. The summed E-state index contributed by atoms with van der Waals surface area (Å²) in [6.45, 7) is 7.14. The van der Waals surface area contributed by atoms with Crippen molar-refractivity contribution in [2.45, 2.75) is 33.7 Å². The van der Waals surface area contributed by atoms with Gasteiger partial charge in [0, 0.05) is 18.5 Å². The summed E-state index contributed by atoms with van der Waals surface area (Å²) in [6, 6.07) is 8.33. The van der Waals surface area contributed by atoms with Crippen molar-refractivity contribution in [2.24, 2.45) is 0 Å². The minimum Gasteiger partial charge on any atom is -0.383 e. The first-order chi connectivity index (χ1) is 8.17. The van der Waals surface area contributed by atoms with Gasteiger partial charge in [-0.05, 0) is 13.8 Å². The molecule has 3 nitrogen and oxygen atoms in total. The summed E-state index contributed by atoms with van der Waals surface area (Å²) in [5, 5.41) is 0. The molecule has 1 aromatic carbocycles. The Morgan fingerprint density at radius 1 is 1.18 bits per heavy atom. The number of rotatable bonds is 3. The number of anilines is 1. The van der Waals surface area contributed by atoms with Crippen LogP contribution in [0.25, 0.3) is 11.3 Å². The van der Waals surface area contributed by atoms with Crippen molar-refractivity contribution in [3.63, 3.8) is 0 Å². The first-order valence-corrected chi connectivity index (χ1v) is 6.09. The molecule has 0 saturated carbocycles. The van der Waals surface area contributed by atoms with Gasteiger partial charge in [-0.2, -0.15) is 0 Å². The molecule has 1 aromatic heterocycles. The Morgan fingerprint density at radius 2 is 1.82 bits per heavy atom. The fourth-order valence-corrected chi connectivity index (χ4v) is 2.06. The lowest BCUT2D eigenvalue weighted by Crippen LogP contribution is -2.04. The first-order valence-electron chi connectivity index (χ1n) is 6.09. The van der Waals surface area contributed by atoms with Gasteiger partial charge in [0.1, 0.15) is 17.3 Å². The summed E-state index contributed by atoms with van der Waals surface area (Å²) in [6.07, 6.45) is 0.907. The number of nitrogens with zero attached hydrogens (tertiary/aromatic N) is 2. The van der Waals surface area contributed by atoms with Crippen LogP contribution in [0.4, 0.5) is 5.82 Å². The Labute approximate surface area is 102 Å². The van der Waals surface area contributed by atoms with E-state index in [0.717, 1.165) is 35.9 Å². The Balaban J connectivity index is 2.52. The number of hydrogen-bond donors (Lipinski definition) is 1. The molecule has 2 rings (SSSR count). The van der Waals surface area contributed by atoms with Crippen LogP contribution >= 0.6 is 0 Å². The average Bonchev–Trinajstić information content (AvgIpc) is 2.66. The third-order valence-corrected chi connectivity index (χ3v) is 3.04. The summed E-state index contributed by atoms with van der Waals surface area (Å²) in [5.41, 5.74) is 9.41. The molecule has 0 bridgehead atoms. The van der Waals surface area contributed by atoms with Crippen molar-refractivity contribution in [3.05, 3.63) is 35.7 Å². The number of benzene rings is 1. The molecule has 0 aliphatic heterocycles. The van der Waals surface area contributed by atoms with Crippen molar-refractivity contribution in [2.75, 3.05) is 5.73 Å². The van der Waals surface area contributed by atoms with Gasteiger partial charge >= 0.3 is 0 Å².